The molecule has 1 N–H and O–H groups in total. The Kier molecular flexibility index (Phi) is 5.84. The molecule has 30 heavy (non-hydrogen) atoms. The number of aliphatic hydroxyl groups excluding tert-OH is 1. The number of carbonyl (C=O) groups excluding carboxylic acids is 1. The second-order valence-corrected chi connectivity index (χ2v) is 7.95. The Morgan fingerprint density at radius 1 is 1.17 bits per heavy atom. The number of nitriles is 1. The van der Waals surface area contributed by atoms with E-state index >= 15 is 0 Å². The summed E-state index contributed by atoms with van der Waals surface area (Å²) in [6, 6.07) is 14.0. The van der Waals surface area contributed by atoms with E-state index in [4.69, 9.17) is 0 Å². The lowest BCUT2D eigenvalue weighted by molar-refractivity contribution is -0.00588. The van der Waals surface area contributed by atoms with Gasteiger partial charge in [0.25, 0.3) is 5.91 Å². The van der Waals surface area contributed by atoms with Crippen LogP contribution in [-0.2, 0) is 0 Å². The highest BCUT2D eigenvalue weighted by Gasteiger charge is 2.51. The zero-order chi connectivity index (χ0) is 21.1. The molecule has 1 saturated carbocycles. The zero-order valence-electron chi connectivity index (χ0n) is 16.6. The van der Waals surface area contributed by atoms with Crippen LogP contribution in [0.5, 0.6) is 0 Å². The number of nitrogens with zero attached hydrogens (tertiary/aromatic N) is 2. The van der Waals surface area contributed by atoms with Gasteiger partial charge in [-0.25, -0.2) is 4.39 Å². The second kappa shape index (κ2) is 8.69. The molecule has 2 aromatic carbocycles. The largest absolute Gasteiger partial charge is 0.394 e. The molecule has 0 bridgehead atoms. The van der Waals surface area contributed by atoms with E-state index in [0.29, 0.717) is 5.92 Å². The maximum Gasteiger partial charge on any atom is 0.255 e. The van der Waals surface area contributed by atoms with Crippen molar-refractivity contribution >= 4 is 5.91 Å². The molecule has 1 saturated heterocycles. The third-order valence-corrected chi connectivity index (χ3v) is 6.11. The molecule has 3 atom stereocenters. The number of rotatable bonds is 3. The molecule has 1 aliphatic heterocycles. The summed E-state index contributed by atoms with van der Waals surface area (Å²) in [5.74, 6) is 5.79. The topological polar surface area (TPSA) is 64.3 Å². The standard InChI is InChI=1S/C25H23FN2O2/c26-21-7-3-6-20(14-21)25(30)28-22(15-27)24(23(28)16-29)19-12-10-18(11-13-19)9-8-17-4-1-2-5-17/h3,6-7,10-14,17,22-24,29H,1-2,4-5,16H2/t22-,23-,24-/m1/s1. The third kappa shape index (κ3) is 3.82. The first-order chi connectivity index (χ1) is 14.6. The van der Waals surface area contributed by atoms with Gasteiger partial charge in [0, 0.05) is 23.0 Å². The summed E-state index contributed by atoms with van der Waals surface area (Å²) >= 11 is 0. The van der Waals surface area contributed by atoms with Gasteiger partial charge in [-0.2, -0.15) is 5.26 Å². The van der Waals surface area contributed by atoms with Gasteiger partial charge in [-0.3, -0.25) is 4.79 Å². The van der Waals surface area contributed by atoms with Crippen molar-refractivity contribution in [2.75, 3.05) is 6.61 Å². The summed E-state index contributed by atoms with van der Waals surface area (Å²) in [6.07, 6.45) is 4.85. The molecule has 1 aliphatic carbocycles. The predicted octanol–water partition coefficient (Wildman–Crippen LogP) is 3.86. The minimum Gasteiger partial charge on any atom is -0.394 e. The highest BCUT2D eigenvalue weighted by Crippen LogP contribution is 2.41. The summed E-state index contributed by atoms with van der Waals surface area (Å²) in [5, 5.41) is 19.6. The maximum atomic E-state index is 13.5. The van der Waals surface area contributed by atoms with Crippen LogP contribution in [0, 0.1) is 34.9 Å². The van der Waals surface area contributed by atoms with E-state index in [1.807, 2.05) is 24.3 Å². The van der Waals surface area contributed by atoms with Gasteiger partial charge in [0.15, 0.2) is 0 Å². The van der Waals surface area contributed by atoms with Crippen molar-refractivity contribution in [2.45, 2.75) is 43.7 Å². The summed E-state index contributed by atoms with van der Waals surface area (Å²) in [7, 11) is 0. The molecule has 2 aliphatic rings. The Hall–Kier alpha value is -3.15. The summed E-state index contributed by atoms with van der Waals surface area (Å²) in [5.41, 5.74) is 1.98. The maximum absolute atomic E-state index is 13.5. The molecule has 1 heterocycles. The van der Waals surface area contributed by atoms with Crippen LogP contribution >= 0.6 is 0 Å². The van der Waals surface area contributed by atoms with E-state index < -0.39 is 23.8 Å². The lowest BCUT2D eigenvalue weighted by Gasteiger charge is -2.51. The van der Waals surface area contributed by atoms with Gasteiger partial charge in [0.05, 0.1) is 18.7 Å². The Morgan fingerprint density at radius 2 is 1.90 bits per heavy atom. The van der Waals surface area contributed by atoms with Gasteiger partial charge >= 0.3 is 0 Å². The zero-order valence-corrected chi connectivity index (χ0v) is 16.6. The van der Waals surface area contributed by atoms with Gasteiger partial charge in [-0.1, -0.05) is 42.9 Å². The quantitative estimate of drug-likeness (QED) is 0.793. The minimum atomic E-state index is -0.714. The number of carbonyl (C=O) groups is 1. The first-order valence-electron chi connectivity index (χ1n) is 10.3. The van der Waals surface area contributed by atoms with Crippen molar-refractivity contribution < 1.29 is 14.3 Å². The Morgan fingerprint density at radius 3 is 2.53 bits per heavy atom. The molecule has 4 nitrogen and oxygen atoms in total. The van der Waals surface area contributed by atoms with Crippen LogP contribution in [0.15, 0.2) is 48.5 Å². The number of benzene rings is 2. The summed E-state index contributed by atoms with van der Waals surface area (Å²) in [4.78, 5) is 14.2. The number of aliphatic hydroxyl groups is 1. The average molecular weight is 402 g/mol. The number of hydrogen-bond donors (Lipinski definition) is 1. The van der Waals surface area contributed by atoms with Crippen molar-refractivity contribution in [1.29, 1.82) is 5.26 Å². The van der Waals surface area contributed by atoms with Crippen molar-refractivity contribution in [3.63, 3.8) is 0 Å². The number of amides is 1. The molecule has 0 radical (unpaired) electrons. The number of likely N-dealkylation sites (tertiary alicyclic amines) is 1. The fourth-order valence-corrected chi connectivity index (χ4v) is 4.50. The monoisotopic (exact) mass is 402 g/mol. The number of hydrogen-bond acceptors (Lipinski definition) is 3. The Labute approximate surface area is 175 Å². The number of halogens is 1. The van der Waals surface area contributed by atoms with Gasteiger partial charge < -0.3 is 10.0 Å². The Balaban J connectivity index is 1.52. The molecule has 4 rings (SSSR count). The molecular formula is C25H23FN2O2. The fraction of sp³-hybridized carbons (Fsp3) is 0.360. The molecular weight excluding hydrogens is 379 g/mol. The summed E-state index contributed by atoms with van der Waals surface area (Å²) < 4.78 is 13.5. The van der Waals surface area contributed by atoms with Gasteiger partial charge in [-0.05, 0) is 48.7 Å². The van der Waals surface area contributed by atoms with E-state index in [2.05, 4.69) is 17.9 Å². The van der Waals surface area contributed by atoms with Crippen molar-refractivity contribution in [1.82, 2.24) is 4.90 Å². The average Bonchev–Trinajstić information content (AvgIpc) is 3.27. The van der Waals surface area contributed by atoms with E-state index in [9.17, 15) is 19.6 Å². The van der Waals surface area contributed by atoms with Crippen molar-refractivity contribution in [3.05, 3.63) is 71.0 Å². The third-order valence-electron chi connectivity index (χ3n) is 6.11. The van der Waals surface area contributed by atoms with Crippen LogP contribution in [0.2, 0.25) is 0 Å². The van der Waals surface area contributed by atoms with E-state index in [-0.39, 0.29) is 18.1 Å². The van der Waals surface area contributed by atoms with Gasteiger partial charge in [0.1, 0.15) is 11.9 Å². The van der Waals surface area contributed by atoms with Gasteiger partial charge in [0.2, 0.25) is 0 Å². The normalized spacial score (nSPS) is 23.2. The van der Waals surface area contributed by atoms with Crippen LogP contribution in [0.25, 0.3) is 0 Å². The highest BCUT2D eigenvalue weighted by atomic mass is 19.1. The molecule has 2 fully saturated rings. The van der Waals surface area contributed by atoms with E-state index in [1.54, 1.807) is 0 Å². The lowest BCUT2D eigenvalue weighted by Crippen LogP contribution is -2.65. The molecule has 0 unspecified atom stereocenters. The van der Waals surface area contributed by atoms with Crippen LogP contribution < -0.4 is 0 Å². The minimum absolute atomic E-state index is 0.171. The summed E-state index contributed by atoms with van der Waals surface area (Å²) in [6.45, 7) is -0.271. The molecule has 0 spiro atoms. The van der Waals surface area contributed by atoms with Crippen LogP contribution in [0.3, 0.4) is 0 Å². The molecule has 5 heteroatoms. The Bertz CT molecular complexity index is 1030. The molecule has 1 amide bonds. The van der Waals surface area contributed by atoms with Crippen LogP contribution in [0.1, 0.15) is 53.1 Å². The smallest absolute Gasteiger partial charge is 0.255 e. The highest BCUT2D eigenvalue weighted by molar-refractivity contribution is 5.95. The SMILES string of the molecule is N#C[C@@H]1[C@@H](c2ccc(C#CC3CCCC3)cc2)[C@@H](CO)N1C(=O)c1cccc(F)c1. The van der Waals surface area contributed by atoms with E-state index in [0.717, 1.165) is 17.2 Å². The molecule has 152 valence electrons. The predicted molar refractivity (Wildman–Crippen MR) is 111 cm³/mol. The van der Waals surface area contributed by atoms with E-state index in [1.165, 1.54) is 48.8 Å². The lowest BCUT2D eigenvalue weighted by atomic mass is 9.75. The van der Waals surface area contributed by atoms with Crippen LogP contribution in [0.4, 0.5) is 4.39 Å². The van der Waals surface area contributed by atoms with Crippen molar-refractivity contribution in [2.24, 2.45) is 5.92 Å². The molecule has 2 aromatic rings. The first-order valence-corrected chi connectivity index (χ1v) is 10.3. The second-order valence-electron chi connectivity index (χ2n) is 7.95. The van der Waals surface area contributed by atoms with Crippen molar-refractivity contribution in [3.8, 4) is 17.9 Å². The molecule has 0 aromatic heterocycles. The first kappa shape index (κ1) is 20.1. The fourth-order valence-electron chi connectivity index (χ4n) is 4.50. The van der Waals surface area contributed by atoms with Gasteiger partial charge in [-0.15, -0.1) is 0 Å². The van der Waals surface area contributed by atoms with Crippen LogP contribution in [-0.4, -0.2) is 34.6 Å².